The third-order valence-electron chi connectivity index (χ3n) is 9.71. The monoisotopic (exact) mass is 667 g/mol. The minimum absolute atomic E-state index is 0.219. The second-order valence-corrected chi connectivity index (χ2v) is 14.2. The van der Waals surface area contributed by atoms with Gasteiger partial charge in [-0.1, -0.05) is 128 Å². The van der Waals surface area contributed by atoms with E-state index >= 15 is 0 Å². The van der Waals surface area contributed by atoms with Gasteiger partial charge in [-0.05, 0) is 78.0 Å². The van der Waals surface area contributed by atoms with Crippen molar-refractivity contribution < 1.29 is 4.79 Å². The number of piperidine rings is 1. The molecule has 0 spiro atoms. The van der Waals surface area contributed by atoms with Gasteiger partial charge in [-0.2, -0.15) is 0 Å². The van der Waals surface area contributed by atoms with Crippen LogP contribution in [0.5, 0.6) is 0 Å². The molecule has 5 aromatic rings. The van der Waals surface area contributed by atoms with Crippen molar-refractivity contribution in [3.8, 4) is 0 Å². The molecular formula is C44H49N3OS. The highest BCUT2D eigenvalue weighted by Crippen LogP contribution is 2.48. The van der Waals surface area contributed by atoms with Crippen molar-refractivity contribution in [2.45, 2.75) is 49.8 Å². The lowest BCUT2D eigenvalue weighted by Gasteiger charge is -2.38. The fourth-order valence-corrected chi connectivity index (χ4v) is 8.60. The lowest BCUT2D eigenvalue weighted by Crippen LogP contribution is -2.47. The van der Waals surface area contributed by atoms with E-state index in [1.54, 1.807) is 0 Å². The molecule has 49 heavy (non-hydrogen) atoms. The number of rotatable bonds is 15. The quantitative estimate of drug-likeness (QED) is 0.0891. The normalized spacial score (nSPS) is 14.0. The van der Waals surface area contributed by atoms with Gasteiger partial charge in [0.2, 0.25) is 5.91 Å². The number of anilines is 2. The number of hydrogen-bond donors (Lipinski definition) is 1. The molecule has 0 unspecified atom stereocenters. The molecule has 0 aromatic heterocycles. The van der Waals surface area contributed by atoms with Crippen LogP contribution in [-0.4, -0.2) is 48.8 Å². The third kappa shape index (κ3) is 8.65. The Bertz CT molecular complexity index is 1590. The molecule has 1 aliphatic rings. The molecule has 1 saturated heterocycles. The maximum atomic E-state index is 12.8. The van der Waals surface area contributed by atoms with Crippen LogP contribution >= 0.6 is 11.8 Å². The van der Waals surface area contributed by atoms with Gasteiger partial charge in [0.25, 0.3) is 0 Å². The van der Waals surface area contributed by atoms with Crippen LogP contribution in [0.3, 0.4) is 0 Å². The fraction of sp³-hybridized carbons (Fsp3) is 0.295. The summed E-state index contributed by atoms with van der Waals surface area (Å²) < 4.78 is -0.269. The van der Waals surface area contributed by atoms with E-state index < -0.39 is 0 Å². The van der Waals surface area contributed by atoms with Gasteiger partial charge in [-0.3, -0.25) is 4.79 Å². The first-order valence-electron chi connectivity index (χ1n) is 17.9. The number of thioether (sulfide) groups is 1. The lowest BCUT2D eigenvalue weighted by atomic mass is 9.84. The molecule has 1 N–H and O–H groups in total. The molecule has 1 fully saturated rings. The SMILES string of the molecule is CCC(=O)N(c1ccccc1)C1CCN(CCc2ccc(NCCCSC(c3ccccc3)(c3ccccc3)c3ccccc3)cc2)CC1. The zero-order chi connectivity index (χ0) is 33.7. The topological polar surface area (TPSA) is 35.6 Å². The van der Waals surface area contributed by atoms with Crippen molar-refractivity contribution in [1.29, 1.82) is 0 Å². The molecular weight excluding hydrogens is 619 g/mol. The first kappa shape index (κ1) is 34.5. The van der Waals surface area contributed by atoms with Crippen LogP contribution in [0.2, 0.25) is 0 Å². The Morgan fingerprint density at radius 2 is 1.24 bits per heavy atom. The highest BCUT2D eigenvalue weighted by atomic mass is 32.2. The molecule has 1 aliphatic heterocycles. The van der Waals surface area contributed by atoms with Gasteiger partial charge in [0.1, 0.15) is 0 Å². The molecule has 6 rings (SSSR count). The number of amides is 1. The summed E-state index contributed by atoms with van der Waals surface area (Å²) in [5, 5.41) is 3.67. The second kappa shape index (κ2) is 17.4. The Labute approximate surface area is 297 Å². The van der Waals surface area contributed by atoms with E-state index in [-0.39, 0.29) is 16.7 Å². The van der Waals surface area contributed by atoms with E-state index in [0.717, 1.165) is 63.3 Å². The molecule has 5 heteroatoms. The van der Waals surface area contributed by atoms with Crippen LogP contribution in [0.4, 0.5) is 11.4 Å². The van der Waals surface area contributed by atoms with Crippen LogP contribution in [0, 0.1) is 0 Å². The Hall–Kier alpha value is -4.32. The first-order valence-corrected chi connectivity index (χ1v) is 18.9. The number of likely N-dealkylation sites (tertiary alicyclic amines) is 1. The van der Waals surface area contributed by atoms with E-state index in [0.29, 0.717) is 6.42 Å². The number of carbonyl (C=O) groups is 1. The molecule has 0 aliphatic carbocycles. The van der Waals surface area contributed by atoms with Gasteiger partial charge >= 0.3 is 0 Å². The van der Waals surface area contributed by atoms with Gasteiger partial charge in [-0.15, -0.1) is 11.8 Å². The predicted octanol–water partition coefficient (Wildman–Crippen LogP) is 9.66. The van der Waals surface area contributed by atoms with E-state index in [4.69, 9.17) is 0 Å². The van der Waals surface area contributed by atoms with E-state index in [2.05, 4.69) is 138 Å². The second-order valence-electron chi connectivity index (χ2n) is 12.9. The maximum Gasteiger partial charge on any atom is 0.226 e. The summed E-state index contributed by atoms with van der Waals surface area (Å²) in [6, 6.07) is 52.3. The number of para-hydroxylation sites is 1. The van der Waals surface area contributed by atoms with Gasteiger partial charge in [0, 0.05) is 50.0 Å². The third-order valence-corrected chi connectivity index (χ3v) is 11.3. The zero-order valence-electron chi connectivity index (χ0n) is 28.7. The summed E-state index contributed by atoms with van der Waals surface area (Å²) >= 11 is 2.02. The molecule has 0 bridgehead atoms. The minimum atomic E-state index is -0.269. The lowest BCUT2D eigenvalue weighted by molar-refractivity contribution is -0.119. The van der Waals surface area contributed by atoms with Gasteiger partial charge < -0.3 is 15.1 Å². The number of nitrogens with one attached hydrogen (secondary N) is 1. The van der Waals surface area contributed by atoms with Crippen LogP contribution in [0.15, 0.2) is 146 Å². The molecule has 0 atom stereocenters. The van der Waals surface area contributed by atoms with Crippen molar-refractivity contribution in [2.75, 3.05) is 42.1 Å². The fourth-order valence-electron chi connectivity index (χ4n) is 7.09. The standard InChI is InChI=1S/C44H49N3OS/c1-2-43(48)47(41-22-13-6-14-23-41)42-29-33-46(34-30-42)32-28-36-24-26-40(27-25-36)45-31-15-35-49-44(37-16-7-3-8-17-37,38-18-9-4-10-19-38)39-20-11-5-12-21-39/h3-14,16-27,42,45H,2,15,28-35H2,1H3. The number of hydrogen-bond acceptors (Lipinski definition) is 4. The average Bonchev–Trinajstić information content (AvgIpc) is 3.18. The molecule has 1 amide bonds. The minimum Gasteiger partial charge on any atom is -0.385 e. The van der Waals surface area contributed by atoms with Crippen LogP contribution in [-0.2, 0) is 16.0 Å². The van der Waals surface area contributed by atoms with Crippen molar-refractivity contribution in [3.63, 3.8) is 0 Å². The van der Waals surface area contributed by atoms with Crippen molar-refractivity contribution >= 4 is 29.0 Å². The van der Waals surface area contributed by atoms with E-state index in [1.165, 1.54) is 27.9 Å². The van der Waals surface area contributed by atoms with Gasteiger partial charge in [-0.25, -0.2) is 0 Å². The molecule has 0 radical (unpaired) electrons. The Morgan fingerprint density at radius 1 is 0.735 bits per heavy atom. The Morgan fingerprint density at radius 3 is 1.76 bits per heavy atom. The predicted molar refractivity (Wildman–Crippen MR) is 209 cm³/mol. The van der Waals surface area contributed by atoms with Crippen LogP contribution in [0.1, 0.15) is 54.9 Å². The van der Waals surface area contributed by atoms with E-state index in [9.17, 15) is 4.79 Å². The van der Waals surface area contributed by atoms with E-state index in [1.807, 2.05) is 41.8 Å². The summed E-state index contributed by atoms with van der Waals surface area (Å²) in [4.78, 5) is 17.4. The summed E-state index contributed by atoms with van der Waals surface area (Å²) in [6.07, 6.45) is 4.67. The van der Waals surface area contributed by atoms with Crippen molar-refractivity contribution in [2.24, 2.45) is 0 Å². The number of nitrogens with zero attached hydrogens (tertiary/aromatic N) is 2. The van der Waals surface area contributed by atoms with Crippen molar-refractivity contribution in [3.05, 3.63) is 168 Å². The highest BCUT2D eigenvalue weighted by molar-refractivity contribution is 8.00. The van der Waals surface area contributed by atoms with Crippen LogP contribution < -0.4 is 10.2 Å². The number of carbonyl (C=O) groups excluding carboxylic acids is 1. The first-order chi connectivity index (χ1) is 24.2. The molecule has 1 heterocycles. The van der Waals surface area contributed by atoms with Gasteiger partial charge in [0.05, 0.1) is 4.75 Å². The maximum absolute atomic E-state index is 12.8. The van der Waals surface area contributed by atoms with Crippen molar-refractivity contribution in [1.82, 2.24) is 4.90 Å². The summed E-state index contributed by atoms with van der Waals surface area (Å²) in [5.74, 6) is 1.24. The Kier molecular flexibility index (Phi) is 12.2. The number of benzene rings is 5. The smallest absolute Gasteiger partial charge is 0.226 e. The zero-order valence-corrected chi connectivity index (χ0v) is 29.5. The molecule has 252 valence electrons. The molecule has 0 saturated carbocycles. The van der Waals surface area contributed by atoms with Crippen LogP contribution in [0.25, 0.3) is 0 Å². The highest BCUT2D eigenvalue weighted by Gasteiger charge is 2.36. The average molecular weight is 668 g/mol. The summed E-state index contributed by atoms with van der Waals surface area (Å²) in [6.45, 7) is 6.00. The largest absolute Gasteiger partial charge is 0.385 e. The van der Waals surface area contributed by atoms with Gasteiger partial charge in [0.15, 0.2) is 0 Å². The summed E-state index contributed by atoms with van der Waals surface area (Å²) in [5.41, 5.74) is 7.51. The Balaban J connectivity index is 0.986. The molecule has 4 nitrogen and oxygen atoms in total. The summed E-state index contributed by atoms with van der Waals surface area (Å²) in [7, 11) is 0. The molecule has 5 aromatic carbocycles.